The first-order valence-corrected chi connectivity index (χ1v) is 3.19. The van der Waals surface area contributed by atoms with Crippen LogP contribution in [-0.2, 0) is 0 Å². The van der Waals surface area contributed by atoms with Gasteiger partial charge in [0.15, 0.2) is 0 Å². The fraction of sp³-hybridized carbons (Fsp3) is 0. The van der Waals surface area contributed by atoms with Gasteiger partial charge in [0.25, 0.3) is 0 Å². The van der Waals surface area contributed by atoms with Crippen LogP contribution in [0.3, 0.4) is 0 Å². The van der Waals surface area contributed by atoms with Crippen molar-refractivity contribution < 1.29 is 0 Å². The monoisotopic (exact) mass is 116 g/mol. The van der Waals surface area contributed by atoms with E-state index in [1.165, 1.54) is 5.30 Å². The summed E-state index contributed by atoms with van der Waals surface area (Å²) in [7, 11) is 2.63. The zero-order valence-electron chi connectivity index (χ0n) is 3.22. The van der Waals surface area contributed by atoms with E-state index in [0.717, 1.165) is 0 Å². The van der Waals surface area contributed by atoms with Gasteiger partial charge in [-0.3, -0.25) is 0 Å². The van der Waals surface area contributed by atoms with E-state index in [0.29, 0.717) is 0 Å². The Balaban J connectivity index is 3.05. The molecule has 1 aromatic heterocycles. The normalized spacial score (nSPS) is 8.83. The molecule has 0 fully saturated rings. The maximum atomic E-state index is 2.63. The number of thiophene rings is 1. The minimum Gasteiger partial charge on any atom is -0.152 e. The van der Waals surface area contributed by atoms with E-state index in [1.807, 2.05) is 0 Å². The van der Waals surface area contributed by atoms with Gasteiger partial charge in [-0.15, -0.1) is 9.24 Å². The van der Waals surface area contributed by atoms with Crippen molar-refractivity contribution in [1.29, 1.82) is 0 Å². The quantitative estimate of drug-likeness (QED) is 0.447. The largest absolute Gasteiger partial charge is 0.152 e. The average molecular weight is 116 g/mol. The molecule has 0 amide bonds. The SMILES string of the molecule is Pc1ccsc1. The summed E-state index contributed by atoms with van der Waals surface area (Å²) in [5, 5.41) is 5.42. The molecule has 0 aromatic carbocycles. The van der Waals surface area contributed by atoms with Crippen molar-refractivity contribution in [2.75, 3.05) is 0 Å². The highest BCUT2D eigenvalue weighted by molar-refractivity contribution is 7.29. The Morgan fingerprint density at radius 2 is 2.50 bits per heavy atom. The summed E-state index contributed by atoms with van der Waals surface area (Å²) in [6, 6.07) is 2.06. The molecule has 1 heterocycles. The van der Waals surface area contributed by atoms with Crippen LogP contribution in [0, 0.1) is 0 Å². The van der Waals surface area contributed by atoms with E-state index in [9.17, 15) is 0 Å². The van der Waals surface area contributed by atoms with E-state index in [1.54, 1.807) is 11.3 Å². The van der Waals surface area contributed by atoms with Gasteiger partial charge in [0.2, 0.25) is 0 Å². The molecular formula is C4H5PS. The summed E-state index contributed by atoms with van der Waals surface area (Å²) < 4.78 is 0. The second-order valence-electron chi connectivity index (χ2n) is 1.06. The highest BCUT2D eigenvalue weighted by Crippen LogP contribution is 1.95. The summed E-state index contributed by atoms with van der Waals surface area (Å²) in [6.07, 6.45) is 0. The fourth-order valence-electron chi connectivity index (χ4n) is 0.275. The van der Waals surface area contributed by atoms with Crippen molar-refractivity contribution in [3.63, 3.8) is 0 Å². The van der Waals surface area contributed by atoms with E-state index >= 15 is 0 Å². The van der Waals surface area contributed by atoms with Crippen LogP contribution in [0.1, 0.15) is 0 Å². The van der Waals surface area contributed by atoms with Gasteiger partial charge < -0.3 is 0 Å². The van der Waals surface area contributed by atoms with Gasteiger partial charge in [-0.2, -0.15) is 11.3 Å². The molecule has 0 bridgehead atoms. The Bertz CT molecular complexity index is 111. The van der Waals surface area contributed by atoms with Crippen LogP contribution < -0.4 is 5.30 Å². The third-order valence-electron chi connectivity index (χ3n) is 0.543. The lowest BCUT2D eigenvalue weighted by Crippen LogP contribution is -1.73. The minimum absolute atomic E-state index is 1.28. The molecule has 2 heteroatoms. The van der Waals surface area contributed by atoms with Crippen molar-refractivity contribution in [3.8, 4) is 0 Å². The van der Waals surface area contributed by atoms with Crippen LogP contribution in [-0.4, -0.2) is 0 Å². The van der Waals surface area contributed by atoms with Crippen LogP contribution in [0.25, 0.3) is 0 Å². The lowest BCUT2D eigenvalue weighted by molar-refractivity contribution is 2.17. The van der Waals surface area contributed by atoms with Crippen molar-refractivity contribution >= 4 is 25.9 Å². The van der Waals surface area contributed by atoms with Gasteiger partial charge in [0, 0.05) is 0 Å². The molecule has 1 unspecified atom stereocenters. The minimum atomic E-state index is 1.28. The third-order valence-corrected chi connectivity index (χ3v) is 1.85. The molecule has 0 spiro atoms. The molecule has 1 aromatic rings. The molecular weight excluding hydrogens is 111 g/mol. The molecule has 0 aliphatic rings. The molecule has 0 aliphatic carbocycles. The zero-order chi connectivity index (χ0) is 4.41. The topological polar surface area (TPSA) is 0 Å². The van der Waals surface area contributed by atoms with Crippen molar-refractivity contribution in [1.82, 2.24) is 0 Å². The number of hydrogen-bond donors (Lipinski definition) is 0. The second-order valence-corrected chi connectivity index (χ2v) is 2.50. The van der Waals surface area contributed by atoms with Crippen molar-refractivity contribution in [2.45, 2.75) is 0 Å². The van der Waals surface area contributed by atoms with Crippen LogP contribution in [0.2, 0.25) is 0 Å². The molecule has 0 nitrogen and oxygen atoms in total. The Labute approximate surface area is 43.4 Å². The van der Waals surface area contributed by atoms with Gasteiger partial charge in [-0.25, -0.2) is 0 Å². The predicted octanol–water partition coefficient (Wildman–Crippen LogP) is 1.25. The zero-order valence-corrected chi connectivity index (χ0v) is 5.19. The Morgan fingerprint density at radius 3 is 2.67 bits per heavy atom. The van der Waals surface area contributed by atoms with E-state index < -0.39 is 0 Å². The summed E-state index contributed by atoms with van der Waals surface area (Å²) in [4.78, 5) is 0. The molecule has 0 radical (unpaired) electrons. The molecule has 0 saturated heterocycles. The molecule has 0 saturated carbocycles. The van der Waals surface area contributed by atoms with E-state index in [-0.39, 0.29) is 0 Å². The Morgan fingerprint density at radius 1 is 1.67 bits per heavy atom. The standard InChI is InChI=1S/C4H5PS/c5-4-1-2-6-3-4/h1-3H,5H2. The van der Waals surface area contributed by atoms with Gasteiger partial charge in [0.05, 0.1) is 0 Å². The van der Waals surface area contributed by atoms with E-state index in [2.05, 4.69) is 26.1 Å². The van der Waals surface area contributed by atoms with Crippen LogP contribution in [0.4, 0.5) is 0 Å². The Kier molecular flexibility index (Phi) is 1.23. The van der Waals surface area contributed by atoms with E-state index in [4.69, 9.17) is 0 Å². The molecule has 1 atom stereocenters. The lowest BCUT2D eigenvalue weighted by Gasteiger charge is -1.65. The third kappa shape index (κ3) is 0.796. The van der Waals surface area contributed by atoms with Gasteiger partial charge in [-0.05, 0) is 22.1 Å². The highest BCUT2D eigenvalue weighted by Gasteiger charge is 1.74. The van der Waals surface area contributed by atoms with Gasteiger partial charge in [0.1, 0.15) is 0 Å². The summed E-state index contributed by atoms with van der Waals surface area (Å²) in [6.45, 7) is 0. The molecule has 32 valence electrons. The van der Waals surface area contributed by atoms with Crippen LogP contribution >= 0.6 is 20.6 Å². The molecule has 1 rings (SSSR count). The second kappa shape index (κ2) is 1.72. The first-order chi connectivity index (χ1) is 2.89. The van der Waals surface area contributed by atoms with Gasteiger partial charge >= 0.3 is 0 Å². The fourth-order valence-corrected chi connectivity index (χ4v) is 1.30. The first-order valence-electron chi connectivity index (χ1n) is 1.67. The summed E-state index contributed by atoms with van der Waals surface area (Å²) in [5.41, 5.74) is 0. The molecule has 0 N–H and O–H groups in total. The highest BCUT2D eigenvalue weighted by atomic mass is 32.1. The summed E-state index contributed by atoms with van der Waals surface area (Å²) >= 11 is 1.72. The molecule has 0 aliphatic heterocycles. The Hall–Kier alpha value is 0.130. The first kappa shape index (κ1) is 4.29. The average Bonchev–Trinajstić information content (AvgIpc) is 1.86. The van der Waals surface area contributed by atoms with Crippen molar-refractivity contribution in [3.05, 3.63) is 16.8 Å². The maximum Gasteiger partial charge on any atom is -0.00216 e. The van der Waals surface area contributed by atoms with Crippen LogP contribution in [0.5, 0.6) is 0 Å². The van der Waals surface area contributed by atoms with Crippen LogP contribution in [0.15, 0.2) is 16.8 Å². The van der Waals surface area contributed by atoms with Crippen molar-refractivity contribution in [2.24, 2.45) is 0 Å². The van der Waals surface area contributed by atoms with Gasteiger partial charge in [-0.1, -0.05) is 0 Å². The number of hydrogen-bond acceptors (Lipinski definition) is 1. The molecule has 6 heavy (non-hydrogen) atoms. The number of rotatable bonds is 0. The lowest BCUT2D eigenvalue weighted by atomic mass is 10.7. The maximum absolute atomic E-state index is 2.63. The predicted molar refractivity (Wildman–Crippen MR) is 33.7 cm³/mol. The smallest absolute Gasteiger partial charge is 0.00216 e. The summed E-state index contributed by atoms with van der Waals surface area (Å²) in [5.74, 6) is 0.